The molecule has 3 nitrogen and oxygen atoms in total. The first kappa shape index (κ1) is 11.6. The first-order chi connectivity index (χ1) is 7.79. The molecule has 0 saturated carbocycles. The highest BCUT2D eigenvalue weighted by Gasteiger charge is 2.14. The highest BCUT2D eigenvalue weighted by atomic mass is 32.1. The van der Waals surface area contributed by atoms with E-state index in [-0.39, 0.29) is 5.91 Å². The van der Waals surface area contributed by atoms with Gasteiger partial charge in [-0.3, -0.25) is 4.79 Å². The van der Waals surface area contributed by atoms with Gasteiger partial charge in [0.1, 0.15) is 0 Å². The zero-order valence-electron chi connectivity index (χ0n) is 9.64. The molecule has 0 radical (unpaired) electrons. The van der Waals surface area contributed by atoms with Gasteiger partial charge in [-0.15, -0.1) is 11.3 Å². The highest BCUT2D eigenvalue weighted by Crippen LogP contribution is 2.30. The fourth-order valence-electron chi connectivity index (χ4n) is 2.04. The second-order valence-electron chi connectivity index (χ2n) is 4.07. The van der Waals surface area contributed by atoms with E-state index < -0.39 is 0 Å². The molecule has 0 saturated heterocycles. The number of carbonyl (C=O) groups is 1. The van der Waals surface area contributed by atoms with E-state index in [1.165, 1.54) is 29.7 Å². The number of fused-ring (bicyclic) bond motifs is 1. The smallest absolute Gasteiger partial charge is 0.233 e. The van der Waals surface area contributed by atoms with E-state index in [0.29, 0.717) is 13.1 Å². The van der Waals surface area contributed by atoms with Crippen molar-refractivity contribution >= 4 is 17.2 Å². The van der Waals surface area contributed by atoms with Crippen molar-refractivity contribution in [3.8, 4) is 0 Å². The predicted octanol–water partition coefficient (Wildman–Crippen LogP) is 1.46. The lowest BCUT2D eigenvalue weighted by Gasteiger charge is -2.03. The number of rotatable bonds is 5. The maximum Gasteiger partial charge on any atom is 0.233 e. The summed E-state index contributed by atoms with van der Waals surface area (Å²) in [4.78, 5) is 14.1. The summed E-state index contributed by atoms with van der Waals surface area (Å²) in [6.07, 6.45) is 3.80. The first-order valence-electron chi connectivity index (χ1n) is 5.87. The molecule has 2 rings (SSSR count). The van der Waals surface area contributed by atoms with Crippen LogP contribution in [0.25, 0.3) is 0 Å². The van der Waals surface area contributed by atoms with Gasteiger partial charge in [0, 0.05) is 22.8 Å². The van der Waals surface area contributed by atoms with Crippen molar-refractivity contribution < 1.29 is 4.79 Å². The minimum atomic E-state index is 0.0756. The van der Waals surface area contributed by atoms with E-state index in [9.17, 15) is 4.79 Å². The summed E-state index contributed by atoms with van der Waals surface area (Å²) in [6.45, 7) is 3.86. The quantitative estimate of drug-likeness (QED) is 0.815. The minimum Gasteiger partial charge on any atom is -0.355 e. The number of aryl methyl sites for hydroxylation is 2. The van der Waals surface area contributed by atoms with Crippen molar-refractivity contribution in [1.82, 2.24) is 10.6 Å². The molecule has 0 atom stereocenters. The molecule has 0 spiro atoms. The Bertz CT molecular complexity index is 352. The van der Waals surface area contributed by atoms with Gasteiger partial charge < -0.3 is 10.6 Å². The maximum atomic E-state index is 11.2. The standard InChI is InChI=1S/C12H18N2OS/c1-2-14-12(15)8-13-7-10-6-9-4-3-5-11(9)16-10/h6,13H,2-5,7-8H2,1H3,(H,14,15). The highest BCUT2D eigenvalue weighted by molar-refractivity contribution is 7.12. The Morgan fingerprint density at radius 2 is 2.38 bits per heavy atom. The second kappa shape index (κ2) is 5.46. The van der Waals surface area contributed by atoms with E-state index in [1.807, 2.05) is 18.3 Å². The Morgan fingerprint density at radius 1 is 1.50 bits per heavy atom. The molecule has 0 fully saturated rings. The number of likely N-dealkylation sites (N-methyl/N-ethyl adjacent to an activating group) is 1. The SMILES string of the molecule is CCNC(=O)CNCc1cc2c(s1)CCC2. The van der Waals surface area contributed by atoms with Crippen LogP contribution >= 0.6 is 11.3 Å². The molecule has 1 aromatic heterocycles. The van der Waals surface area contributed by atoms with Gasteiger partial charge in [0.05, 0.1) is 6.54 Å². The molecule has 1 aliphatic rings. The molecule has 1 heterocycles. The molecule has 0 aromatic carbocycles. The van der Waals surface area contributed by atoms with E-state index >= 15 is 0 Å². The average Bonchev–Trinajstić information content (AvgIpc) is 2.78. The number of hydrogen-bond donors (Lipinski definition) is 2. The van der Waals surface area contributed by atoms with Gasteiger partial charge in [0.2, 0.25) is 5.91 Å². The number of nitrogens with one attached hydrogen (secondary N) is 2. The molecule has 2 N–H and O–H groups in total. The summed E-state index contributed by atoms with van der Waals surface area (Å²) in [5.74, 6) is 0.0756. The van der Waals surface area contributed by atoms with Gasteiger partial charge in [-0.2, -0.15) is 0 Å². The summed E-state index contributed by atoms with van der Waals surface area (Å²) in [7, 11) is 0. The third-order valence-electron chi connectivity index (χ3n) is 2.76. The summed E-state index contributed by atoms with van der Waals surface area (Å²) in [5.41, 5.74) is 1.53. The second-order valence-corrected chi connectivity index (χ2v) is 5.29. The minimum absolute atomic E-state index is 0.0756. The summed E-state index contributed by atoms with van der Waals surface area (Å²) in [5, 5.41) is 5.95. The zero-order valence-corrected chi connectivity index (χ0v) is 10.5. The summed E-state index contributed by atoms with van der Waals surface area (Å²) < 4.78 is 0. The van der Waals surface area contributed by atoms with Crippen LogP contribution in [0.1, 0.15) is 28.7 Å². The molecule has 88 valence electrons. The van der Waals surface area contributed by atoms with E-state index in [1.54, 1.807) is 4.88 Å². The van der Waals surface area contributed by atoms with Crippen molar-refractivity contribution in [2.24, 2.45) is 0 Å². The van der Waals surface area contributed by atoms with Crippen molar-refractivity contribution in [3.05, 3.63) is 21.4 Å². The van der Waals surface area contributed by atoms with Gasteiger partial charge in [-0.05, 0) is 37.8 Å². The number of amides is 1. The van der Waals surface area contributed by atoms with Crippen LogP contribution < -0.4 is 10.6 Å². The molecule has 1 aliphatic carbocycles. The Hall–Kier alpha value is -0.870. The third-order valence-corrected chi connectivity index (χ3v) is 3.99. The summed E-state index contributed by atoms with van der Waals surface area (Å²) in [6, 6.07) is 2.29. The van der Waals surface area contributed by atoms with Crippen molar-refractivity contribution in [1.29, 1.82) is 0 Å². The topological polar surface area (TPSA) is 41.1 Å². The van der Waals surface area contributed by atoms with Crippen LogP contribution in [-0.2, 0) is 24.2 Å². The molecule has 1 amide bonds. The fraction of sp³-hybridized carbons (Fsp3) is 0.583. The monoisotopic (exact) mass is 238 g/mol. The van der Waals surface area contributed by atoms with Gasteiger partial charge in [-0.1, -0.05) is 0 Å². The third kappa shape index (κ3) is 2.83. The number of thiophene rings is 1. The molecule has 16 heavy (non-hydrogen) atoms. The Morgan fingerprint density at radius 3 is 3.12 bits per heavy atom. The Labute approximate surface area is 100 Å². The molecular weight excluding hydrogens is 220 g/mol. The fourth-order valence-corrected chi connectivity index (χ4v) is 3.27. The molecule has 4 heteroatoms. The van der Waals surface area contributed by atoms with Crippen LogP contribution in [0.15, 0.2) is 6.07 Å². The van der Waals surface area contributed by atoms with E-state index in [4.69, 9.17) is 0 Å². The molecule has 0 aliphatic heterocycles. The largest absolute Gasteiger partial charge is 0.355 e. The maximum absolute atomic E-state index is 11.2. The normalized spacial score (nSPS) is 13.8. The Kier molecular flexibility index (Phi) is 3.96. The summed E-state index contributed by atoms with van der Waals surface area (Å²) >= 11 is 1.89. The number of hydrogen-bond acceptors (Lipinski definition) is 3. The van der Waals surface area contributed by atoms with Gasteiger partial charge >= 0.3 is 0 Å². The Balaban J connectivity index is 1.75. The molecule has 0 bridgehead atoms. The average molecular weight is 238 g/mol. The van der Waals surface area contributed by atoms with E-state index in [0.717, 1.165) is 6.54 Å². The lowest BCUT2D eigenvalue weighted by Crippen LogP contribution is -2.33. The molecule has 0 unspecified atom stereocenters. The van der Waals surface area contributed by atoms with Crippen LogP contribution in [0.3, 0.4) is 0 Å². The first-order valence-corrected chi connectivity index (χ1v) is 6.69. The van der Waals surface area contributed by atoms with Crippen LogP contribution in [0.5, 0.6) is 0 Å². The van der Waals surface area contributed by atoms with Gasteiger partial charge in [0.25, 0.3) is 0 Å². The van der Waals surface area contributed by atoms with Crippen molar-refractivity contribution in [2.75, 3.05) is 13.1 Å². The predicted molar refractivity (Wildman–Crippen MR) is 66.7 cm³/mol. The zero-order chi connectivity index (χ0) is 11.4. The van der Waals surface area contributed by atoms with Crippen LogP contribution in [0, 0.1) is 0 Å². The molecule has 1 aromatic rings. The van der Waals surface area contributed by atoms with E-state index in [2.05, 4.69) is 16.7 Å². The van der Waals surface area contributed by atoms with Crippen molar-refractivity contribution in [3.63, 3.8) is 0 Å². The molecular formula is C12H18N2OS. The van der Waals surface area contributed by atoms with Gasteiger partial charge in [0.15, 0.2) is 0 Å². The van der Waals surface area contributed by atoms with Crippen molar-refractivity contribution in [2.45, 2.75) is 32.7 Å². The van der Waals surface area contributed by atoms with Crippen LogP contribution in [-0.4, -0.2) is 19.0 Å². The van der Waals surface area contributed by atoms with Gasteiger partial charge in [-0.25, -0.2) is 0 Å². The lowest BCUT2D eigenvalue weighted by molar-refractivity contribution is -0.120. The van der Waals surface area contributed by atoms with Crippen LogP contribution in [0.4, 0.5) is 0 Å². The van der Waals surface area contributed by atoms with Crippen LogP contribution in [0.2, 0.25) is 0 Å². The lowest BCUT2D eigenvalue weighted by atomic mass is 10.2. The number of carbonyl (C=O) groups excluding carboxylic acids is 1.